The molecule has 0 radical (unpaired) electrons. The fourth-order valence-corrected chi connectivity index (χ4v) is 2.60. The summed E-state index contributed by atoms with van der Waals surface area (Å²) in [6, 6.07) is 21.3. The van der Waals surface area contributed by atoms with Gasteiger partial charge in [-0.3, -0.25) is 10.1 Å². The molecule has 0 heterocycles. The Morgan fingerprint density at radius 1 is 1.00 bits per heavy atom. The highest BCUT2D eigenvalue weighted by Gasteiger charge is 2.18. The average Bonchev–Trinajstić information content (AvgIpc) is 2.66. The molecule has 130 valence electrons. The molecule has 0 fully saturated rings. The van der Waals surface area contributed by atoms with E-state index in [0.29, 0.717) is 0 Å². The van der Waals surface area contributed by atoms with Crippen molar-refractivity contribution in [1.29, 1.82) is 0 Å². The van der Waals surface area contributed by atoms with Gasteiger partial charge in [-0.05, 0) is 30.3 Å². The van der Waals surface area contributed by atoms with Gasteiger partial charge in [-0.1, -0.05) is 48.0 Å². The maximum absolute atomic E-state index is 11.0. The number of phenols is 1. The summed E-state index contributed by atoms with van der Waals surface area (Å²) >= 11 is 5.92. The lowest BCUT2D eigenvalue weighted by molar-refractivity contribution is -0.385. The number of hydrogen-bond acceptors (Lipinski definition) is 5. The first kappa shape index (κ1) is 17.4. The fourth-order valence-electron chi connectivity index (χ4n) is 2.38. The van der Waals surface area contributed by atoms with E-state index >= 15 is 0 Å². The zero-order valence-electron chi connectivity index (χ0n) is 13.5. The minimum atomic E-state index is -0.690. The second kappa shape index (κ2) is 7.67. The van der Waals surface area contributed by atoms with Crippen molar-refractivity contribution < 1.29 is 10.0 Å². The lowest BCUT2D eigenvalue weighted by atomic mass is 10.2. The molecule has 0 aliphatic rings. The molecule has 0 bridgehead atoms. The van der Waals surface area contributed by atoms with E-state index in [4.69, 9.17) is 11.6 Å². The van der Waals surface area contributed by atoms with Crippen LogP contribution in [0.4, 0.5) is 17.1 Å². The van der Waals surface area contributed by atoms with Crippen molar-refractivity contribution in [2.24, 2.45) is 5.10 Å². The Morgan fingerprint density at radius 3 is 2.04 bits per heavy atom. The van der Waals surface area contributed by atoms with Crippen LogP contribution in [0.25, 0.3) is 0 Å². The molecule has 3 rings (SSSR count). The number of hydrogen-bond donors (Lipinski definition) is 1. The molecule has 6 nitrogen and oxygen atoms in total. The summed E-state index contributed by atoms with van der Waals surface area (Å²) in [5, 5.41) is 27.4. The molecular formula is C19H14ClN3O3. The Kier molecular flexibility index (Phi) is 5.15. The molecule has 1 N–H and O–H groups in total. The smallest absolute Gasteiger partial charge is 0.312 e. The maximum Gasteiger partial charge on any atom is 0.312 e. The summed E-state index contributed by atoms with van der Waals surface area (Å²) in [6.07, 6.45) is 1.34. The second-order valence-corrected chi connectivity index (χ2v) is 5.78. The third-order valence-electron chi connectivity index (χ3n) is 3.59. The van der Waals surface area contributed by atoms with E-state index in [9.17, 15) is 15.2 Å². The number of hydrazone groups is 1. The lowest BCUT2D eigenvalue weighted by Gasteiger charge is -2.19. The standard InChI is InChI=1S/C19H14ClN3O3/c20-15-11-14(19(24)18(12-15)23(25)26)13-21-22(16-7-3-1-4-8-16)17-9-5-2-6-10-17/h1-13,24H/b21-13-. The highest BCUT2D eigenvalue weighted by Crippen LogP contribution is 2.33. The number of aromatic hydroxyl groups is 1. The number of benzene rings is 3. The van der Waals surface area contributed by atoms with Gasteiger partial charge in [0.1, 0.15) is 0 Å². The summed E-state index contributed by atoms with van der Waals surface area (Å²) in [6.45, 7) is 0. The number of nitro groups is 1. The predicted molar refractivity (Wildman–Crippen MR) is 102 cm³/mol. The predicted octanol–water partition coefficient (Wildman–Crippen LogP) is 5.13. The third-order valence-corrected chi connectivity index (χ3v) is 3.81. The van der Waals surface area contributed by atoms with Crippen LogP contribution in [0, 0.1) is 10.1 Å². The zero-order valence-corrected chi connectivity index (χ0v) is 14.2. The minimum Gasteiger partial charge on any atom is -0.502 e. The van der Waals surface area contributed by atoms with Crippen LogP contribution in [0.2, 0.25) is 5.02 Å². The zero-order chi connectivity index (χ0) is 18.5. The van der Waals surface area contributed by atoms with Crippen LogP contribution < -0.4 is 5.01 Å². The first-order chi connectivity index (χ1) is 12.6. The quantitative estimate of drug-likeness (QED) is 0.385. The van der Waals surface area contributed by atoms with Gasteiger partial charge in [0.05, 0.1) is 22.5 Å². The largest absolute Gasteiger partial charge is 0.502 e. The van der Waals surface area contributed by atoms with Gasteiger partial charge in [-0.15, -0.1) is 0 Å². The van der Waals surface area contributed by atoms with E-state index < -0.39 is 16.4 Å². The number of nitro benzene ring substituents is 1. The van der Waals surface area contributed by atoms with Crippen molar-refractivity contribution in [2.45, 2.75) is 0 Å². The van der Waals surface area contributed by atoms with Gasteiger partial charge in [0.15, 0.2) is 0 Å². The Hall–Kier alpha value is -3.38. The molecule has 0 aliphatic carbocycles. The van der Waals surface area contributed by atoms with Gasteiger partial charge >= 0.3 is 5.69 Å². The van der Waals surface area contributed by atoms with Crippen molar-refractivity contribution in [3.05, 3.63) is 93.5 Å². The van der Waals surface area contributed by atoms with Crippen LogP contribution in [-0.2, 0) is 0 Å². The second-order valence-electron chi connectivity index (χ2n) is 5.35. The number of rotatable bonds is 5. The van der Waals surface area contributed by atoms with Crippen LogP contribution in [0.15, 0.2) is 77.9 Å². The number of para-hydroxylation sites is 2. The number of nitrogens with zero attached hydrogens (tertiary/aromatic N) is 3. The molecule has 3 aromatic rings. The van der Waals surface area contributed by atoms with E-state index in [1.165, 1.54) is 12.3 Å². The van der Waals surface area contributed by atoms with Gasteiger partial charge in [0.2, 0.25) is 5.75 Å². The van der Waals surface area contributed by atoms with E-state index in [2.05, 4.69) is 5.10 Å². The molecule has 0 aromatic heterocycles. The highest BCUT2D eigenvalue weighted by atomic mass is 35.5. The van der Waals surface area contributed by atoms with Crippen molar-refractivity contribution in [3.63, 3.8) is 0 Å². The van der Waals surface area contributed by atoms with E-state index in [1.807, 2.05) is 60.7 Å². The SMILES string of the molecule is O=[N+]([O-])c1cc(Cl)cc(/C=N\N(c2ccccc2)c2ccccc2)c1O. The third kappa shape index (κ3) is 3.81. The molecule has 3 aromatic carbocycles. The molecule has 0 spiro atoms. The van der Waals surface area contributed by atoms with Crippen molar-refractivity contribution >= 4 is 34.9 Å². The molecular weight excluding hydrogens is 354 g/mol. The van der Waals surface area contributed by atoms with E-state index in [0.717, 1.165) is 17.4 Å². The Morgan fingerprint density at radius 2 is 1.54 bits per heavy atom. The summed E-state index contributed by atoms with van der Waals surface area (Å²) in [5.41, 5.74) is 1.28. The van der Waals surface area contributed by atoms with Gasteiger partial charge in [0.25, 0.3) is 0 Å². The monoisotopic (exact) mass is 367 g/mol. The highest BCUT2D eigenvalue weighted by molar-refractivity contribution is 6.31. The van der Waals surface area contributed by atoms with Crippen molar-refractivity contribution in [2.75, 3.05) is 5.01 Å². The number of halogens is 1. The minimum absolute atomic E-state index is 0.141. The summed E-state index contributed by atoms with van der Waals surface area (Å²) in [4.78, 5) is 10.3. The normalized spacial score (nSPS) is 10.8. The van der Waals surface area contributed by atoms with Gasteiger partial charge in [0, 0.05) is 16.7 Å². The van der Waals surface area contributed by atoms with Crippen LogP contribution in [0.3, 0.4) is 0 Å². The Labute approximate surface area is 154 Å². The molecule has 7 heteroatoms. The molecule has 0 amide bonds. The maximum atomic E-state index is 11.0. The Bertz CT molecular complexity index is 908. The fraction of sp³-hybridized carbons (Fsp3) is 0. The topological polar surface area (TPSA) is 79.0 Å². The molecule has 26 heavy (non-hydrogen) atoms. The summed E-state index contributed by atoms with van der Waals surface area (Å²) < 4.78 is 0. The van der Waals surface area contributed by atoms with Crippen LogP contribution in [0.1, 0.15) is 5.56 Å². The molecule has 0 unspecified atom stereocenters. The summed E-state index contributed by atoms with van der Waals surface area (Å²) in [5.74, 6) is -0.482. The first-order valence-corrected chi connectivity index (χ1v) is 8.05. The molecule has 0 aliphatic heterocycles. The van der Waals surface area contributed by atoms with Crippen LogP contribution in [-0.4, -0.2) is 16.2 Å². The number of phenolic OH excluding ortho intramolecular Hbond substituents is 1. The van der Waals surface area contributed by atoms with Gasteiger partial charge in [-0.25, -0.2) is 5.01 Å². The first-order valence-electron chi connectivity index (χ1n) is 7.67. The number of anilines is 2. The molecule has 0 atom stereocenters. The van der Waals surface area contributed by atoms with E-state index in [-0.39, 0.29) is 10.6 Å². The van der Waals surface area contributed by atoms with Crippen LogP contribution >= 0.6 is 11.6 Å². The van der Waals surface area contributed by atoms with Crippen LogP contribution in [0.5, 0.6) is 5.75 Å². The molecule has 0 saturated heterocycles. The average molecular weight is 368 g/mol. The summed E-state index contributed by atoms with van der Waals surface area (Å²) in [7, 11) is 0. The van der Waals surface area contributed by atoms with Crippen molar-refractivity contribution in [1.82, 2.24) is 0 Å². The van der Waals surface area contributed by atoms with Gasteiger partial charge < -0.3 is 5.11 Å². The molecule has 0 saturated carbocycles. The van der Waals surface area contributed by atoms with E-state index in [1.54, 1.807) is 5.01 Å². The lowest BCUT2D eigenvalue weighted by Crippen LogP contribution is -2.09. The van der Waals surface area contributed by atoms with Gasteiger partial charge in [-0.2, -0.15) is 5.10 Å². The Balaban J connectivity index is 2.04. The van der Waals surface area contributed by atoms with Crippen molar-refractivity contribution in [3.8, 4) is 5.75 Å².